The molecule has 226 valence electrons. The van der Waals surface area contributed by atoms with E-state index in [1.807, 2.05) is 0 Å². The number of nitrogens with zero attached hydrogens (tertiary/aromatic N) is 1. The molecule has 4 saturated carbocycles. The average Bonchev–Trinajstić information content (AvgIpc) is 3.40. The first-order valence-electron chi connectivity index (χ1n) is 17.1. The molecule has 1 aliphatic heterocycles. The van der Waals surface area contributed by atoms with Crippen molar-refractivity contribution in [1.29, 1.82) is 0 Å². The number of amides is 1. The molecule has 1 amide bonds. The monoisotopic (exact) mass is 552 g/mol. The lowest BCUT2D eigenvalue weighted by molar-refractivity contribution is -0.203. The molecule has 40 heavy (non-hydrogen) atoms. The minimum Gasteiger partial charge on any atom is -0.393 e. The van der Waals surface area contributed by atoms with Crippen LogP contribution in [0, 0.1) is 50.2 Å². The molecule has 6 aliphatic rings. The summed E-state index contributed by atoms with van der Waals surface area (Å²) in [5.41, 5.74) is 2.39. The molecule has 4 nitrogen and oxygen atoms in total. The zero-order chi connectivity index (χ0) is 28.8. The van der Waals surface area contributed by atoms with Crippen LogP contribution in [0.4, 0.5) is 0 Å². The SMILES string of the molecule is CC1(C)CC[C@]2(C(=O)NCCN3CCCC3)CC[C@]3(C)C(=CC[C@@H]4[C@@]5(C)CCC(O)C(C)(C)[C@@H]5CC[C@]43C)[C@@H]2C1. The van der Waals surface area contributed by atoms with Crippen LogP contribution in [-0.2, 0) is 4.79 Å². The molecule has 5 aliphatic carbocycles. The Morgan fingerprint density at radius 3 is 2.35 bits per heavy atom. The highest BCUT2D eigenvalue weighted by atomic mass is 16.3. The number of carbonyl (C=O) groups excluding carboxylic acids is 1. The molecular formula is C36H60N2O2. The van der Waals surface area contributed by atoms with Crippen molar-refractivity contribution in [2.75, 3.05) is 26.2 Å². The van der Waals surface area contributed by atoms with Crippen LogP contribution >= 0.6 is 0 Å². The lowest BCUT2D eigenvalue weighted by Gasteiger charge is -2.71. The first kappa shape index (κ1) is 29.2. The standard InChI is InChI=1S/C36H60N2O2/c1-31(2)16-18-36(30(40)37-20-23-38-21-8-9-22-38)19-17-34(6)25(26(36)24-31)10-11-28-33(5)14-13-29(39)32(3,4)27(33)12-15-35(28,34)7/h10,26-29,39H,8-9,11-24H2,1-7H3,(H,37,40)/t26-,27-,28+,29?,33-,34+,35+,36-/m0/s1. The number of rotatable bonds is 4. The van der Waals surface area contributed by atoms with E-state index in [1.54, 1.807) is 5.57 Å². The number of nitrogens with one attached hydrogen (secondary N) is 1. The van der Waals surface area contributed by atoms with Gasteiger partial charge in [-0.3, -0.25) is 4.79 Å². The normalized spacial score (nSPS) is 47.8. The Kier molecular flexibility index (Phi) is 6.99. The zero-order valence-electron chi connectivity index (χ0n) is 27.0. The molecule has 0 bridgehead atoms. The number of aliphatic hydroxyl groups is 1. The second kappa shape index (κ2) is 9.57. The first-order valence-corrected chi connectivity index (χ1v) is 17.1. The molecule has 1 unspecified atom stereocenters. The predicted octanol–water partition coefficient (Wildman–Crippen LogP) is 7.36. The van der Waals surface area contributed by atoms with Gasteiger partial charge in [0, 0.05) is 13.1 Å². The number of fused-ring (bicyclic) bond motifs is 7. The first-order chi connectivity index (χ1) is 18.7. The van der Waals surface area contributed by atoms with Crippen LogP contribution in [0.5, 0.6) is 0 Å². The molecule has 0 aromatic heterocycles. The molecule has 5 fully saturated rings. The number of allylic oxidation sites excluding steroid dienone is 2. The minimum absolute atomic E-state index is 0.0124. The van der Waals surface area contributed by atoms with Gasteiger partial charge < -0.3 is 15.3 Å². The Balaban J connectivity index is 1.32. The number of hydrogen-bond donors (Lipinski definition) is 2. The van der Waals surface area contributed by atoms with E-state index < -0.39 is 0 Å². The lowest BCUT2D eigenvalue weighted by atomic mass is 9.33. The molecule has 4 heteroatoms. The third-order valence-corrected chi connectivity index (χ3v) is 15.0. The quantitative estimate of drug-likeness (QED) is 0.358. The maximum atomic E-state index is 14.2. The van der Waals surface area contributed by atoms with Gasteiger partial charge in [0.25, 0.3) is 0 Å². The van der Waals surface area contributed by atoms with Gasteiger partial charge in [0.1, 0.15) is 0 Å². The van der Waals surface area contributed by atoms with E-state index in [1.165, 1.54) is 38.8 Å². The second-order valence-electron chi connectivity index (χ2n) is 17.6. The molecule has 6 rings (SSSR count). The van der Waals surface area contributed by atoms with Gasteiger partial charge in [-0.1, -0.05) is 60.1 Å². The highest BCUT2D eigenvalue weighted by Gasteiger charge is 2.69. The molecule has 8 atom stereocenters. The maximum absolute atomic E-state index is 14.2. The minimum atomic E-state index is -0.229. The van der Waals surface area contributed by atoms with Crippen LogP contribution in [0.3, 0.4) is 0 Å². The van der Waals surface area contributed by atoms with E-state index in [-0.39, 0.29) is 38.6 Å². The zero-order valence-corrected chi connectivity index (χ0v) is 27.0. The van der Waals surface area contributed by atoms with Crippen molar-refractivity contribution in [1.82, 2.24) is 10.2 Å². The maximum Gasteiger partial charge on any atom is 0.226 e. The molecule has 2 N–H and O–H groups in total. The molecule has 1 heterocycles. The summed E-state index contributed by atoms with van der Waals surface area (Å²) in [7, 11) is 0. The third-order valence-electron chi connectivity index (χ3n) is 15.0. The van der Waals surface area contributed by atoms with Gasteiger partial charge in [0.05, 0.1) is 11.5 Å². The Labute approximate surface area is 245 Å². The number of likely N-dealkylation sites (tertiary alicyclic amines) is 1. The predicted molar refractivity (Wildman–Crippen MR) is 164 cm³/mol. The van der Waals surface area contributed by atoms with Crippen molar-refractivity contribution < 1.29 is 9.90 Å². The highest BCUT2D eigenvalue weighted by molar-refractivity contribution is 5.84. The summed E-state index contributed by atoms with van der Waals surface area (Å²) in [6.07, 6.45) is 16.4. The Bertz CT molecular complexity index is 1040. The van der Waals surface area contributed by atoms with Gasteiger partial charge in [0.2, 0.25) is 5.91 Å². The topological polar surface area (TPSA) is 52.6 Å². The van der Waals surface area contributed by atoms with Crippen molar-refractivity contribution in [2.24, 2.45) is 50.2 Å². The molecule has 0 aromatic carbocycles. The van der Waals surface area contributed by atoms with Crippen molar-refractivity contribution >= 4 is 5.91 Å². The Hall–Kier alpha value is -0.870. The van der Waals surface area contributed by atoms with Crippen LogP contribution in [0.25, 0.3) is 0 Å². The number of aliphatic hydroxyl groups excluding tert-OH is 1. The largest absolute Gasteiger partial charge is 0.393 e. The van der Waals surface area contributed by atoms with E-state index >= 15 is 0 Å². The van der Waals surface area contributed by atoms with Crippen LogP contribution in [0.1, 0.15) is 126 Å². The second-order valence-corrected chi connectivity index (χ2v) is 17.6. The Morgan fingerprint density at radius 2 is 1.62 bits per heavy atom. The van der Waals surface area contributed by atoms with Gasteiger partial charge in [-0.25, -0.2) is 0 Å². The van der Waals surface area contributed by atoms with Crippen LogP contribution in [0.2, 0.25) is 0 Å². The van der Waals surface area contributed by atoms with E-state index in [4.69, 9.17) is 0 Å². The van der Waals surface area contributed by atoms with E-state index in [0.717, 1.165) is 64.5 Å². The summed E-state index contributed by atoms with van der Waals surface area (Å²) < 4.78 is 0. The molecule has 1 saturated heterocycles. The van der Waals surface area contributed by atoms with Gasteiger partial charge in [-0.15, -0.1) is 0 Å². The smallest absolute Gasteiger partial charge is 0.226 e. The molecule has 0 spiro atoms. The van der Waals surface area contributed by atoms with Gasteiger partial charge in [-0.05, 0) is 135 Å². The summed E-state index contributed by atoms with van der Waals surface area (Å²) in [4.78, 5) is 16.8. The van der Waals surface area contributed by atoms with Crippen LogP contribution in [0.15, 0.2) is 11.6 Å². The van der Waals surface area contributed by atoms with Crippen LogP contribution in [-0.4, -0.2) is 48.2 Å². The molecule has 0 aromatic rings. The fourth-order valence-electron chi connectivity index (χ4n) is 12.1. The average molecular weight is 553 g/mol. The third kappa shape index (κ3) is 4.07. The summed E-state index contributed by atoms with van der Waals surface area (Å²) in [5, 5.41) is 14.5. The van der Waals surface area contributed by atoms with E-state index in [9.17, 15) is 9.90 Å². The van der Waals surface area contributed by atoms with E-state index in [2.05, 4.69) is 64.8 Å². The van der Waals surface area contributed by atoms with Crippen molar-refractivity contribution in [3.63, 3.8) is 0 Å². The van der Waals surface area contributed by atoms with Gasteiger partial charge in [-0.2, -0.15) is 0 Å². The van der Waals surface area contributed by atoms with Gasteiger partial charge in [0.15, 0.2) is 0 Å². The molecular weight excluding hydrogens is 492 g/mol. The fourth-order valence-corrected chi connectivity index (χ4v) is 12.1. The van der Waals surface area contributed by atoms with Crippen LogP contribution < -0.4 is 5.32 Å². The van der Waals surface area contributed by atoms with Crippen molar-refractivity contribution in [3.05, 3.63) is 11.6 Å². The number of carbonyl (C=O) groups is 1. The Morgan fingerprint density at radius 1 is 0.925 bits per heavy atom. The van der Waals surface area contributed by atoms with E-state index in [0.29, 0.717) is 23.7 Å². The fraction of sp³-hybridized carbons (Fsp3) is 0.917. The lowest BCUT2D eigenvalue weighted by Crippen LogP contribution is -2.65. The summed E-state index contributed by atoms with van der Waals surface area (Å²) in [5.74, 6) is 1.96. The van der Waals surface area contributed by atoms with Crippen molar-refractivity contribution in [2.45, 2.75) is 132 Å². The summed E-state index contributed by atoms with van der Waals surface area (Å²) in [6, 6.07) is 0. The highest BCUT2D eigenvalue weighted by Crippen LogP contribution is 2.75. The van der Waals surface area contributed by atoms with Gasteiger partial charge >= 0.3 is 0 Å². The molecule has 0 radical (unpaired) electrons. The summed E-state index contributed by atoms with van der Waals surface area (Å²) in [6.45, 7) is 21.6. The summed E-state index contributed by atoms with van der Waals surface area (Å²) >= 11 is 0. The number of hydrogen-bond acceptors (Lipinski definition) is 3. The van der Waals surface area contributed by atoms with Crippen molar-refractivity contribution in [3.8, 4) is 0 Å².